The Kier molecular flexibility index (Phi) is 6.43. The number of hydrogen-bond acceptors (Lipinski definition) is 6. The molecule has 3 rings (SSSR count). The van der Waals surface area contributed by atoms with Gasteiger partial charge in [-0.15, -0.1) is 0 Å². The van der Waals surface area contributed by atoms with Gasteiger partial charge in [-0.1, -0.05) is 32.4 Å². The highest BCUT2D eigenvalue weighted by Crippen LogP contribution is 2.30. The van der Waals surface area contributed by atoms with Gasteiger partial charge in [-0.3, -0.25) is 4.98 Å². The Morgan fingerprint density at radius 1 is 1.27 bits per heavy atom. The lowest BCUT2D eigenvalue weighted by Crippen LogP contribution is -2.56. The Balaban J connectivity index is 1.76. The molecule has 1 aliphatic rings. The van der Waals surface area contributed by atoms with Crippen molar-refractivity contribution in [3.8, 4) is 5.88 Å². The Morgan fingerprint density at radius 3 is 2.67 bits per heavy atom. The molecular weight excluding hydrogens is 406 g/mol. The smallest absolute Gasteiger partial charge is 0.410 e. The molecule has 0 unspecified atom stereocenters. The van der Waals surface area contributed by atoms with E-state index in [9.17, 15) is 4.79 Å². The van der Waals surface area contributed by atoms with Crippen LogP contribution in [0.4, 0.5) is 4.79 Å². The van der Waals surface area contributed by atoms with Gasteiger partial charge in [0.15, 0.2) is 0 Å². The van der Waals surface area contributed by atoms with Gasteiger partial charge in [-0.25, -0.2) is 9.78 Å². The van der Waals surface area contributed by atoms with Crippen LogP contribution in [0.15, 0.2) is 24.4 Å². The first-order valence-electron chi connectivity index (χ1n) is 10.1. The number of carbonyl (C=O) groups excluding carboxylic acids is 1. The van der Waals surface area contributed by atoms with E-state index in [-0.39, 0.29) is 30.3 Å². The fourth-order valence-electron chi connectivity index (χ4n) is 3.18. The van der Waals surface area contributed by atoms with Crippen molar-refractivity contribution in [3.63, 3.8) is 0 Å². The third-order valence-corrected chi connectivity index (χ3v) is 4.92. The number of hydrogen-bond donors (Lipinski definition) is 0. The second-order valence-electron chi connectivity index (χ2n) is 9.63. The molecule has 0 spiro atoms. The van der Waals surface area contributed by atoms with Gasteiger partial charge < -0.3 is 19.1 Å². The molecule has 164 valence electrons. The topological polar surface area (TPSA) is 73.8 Å². The van der Waals surface area contributed by atoms with Crippen LogP contribution >= 0.6 is 11.6 Å². The number of rotatable bonds is 3. The van der Waals surface area contributed by atoms with Gasteiger partial charge in [-0.2, -0.15) is 0 Å². The first kappa shape index (κ1) is 22.6. The third kappa shape index (κ3) is 5.73. The molecule has 7 nitrogen and oxygen atoms in total. The fraction of sp³-hybridized carbons (Fsp3) is 0.591. The van der Waals surface area contributed by atoms with Crippen LogP contribution in [0.1, 0.15) is 41.5 Å². The minimum Gasteiger partial charge on any atom is -0.474 e. The molecule has 1 fully saturated rings. The normalized spacial score (nSPS) is 20.3. The van der Waals surface area contributed by atoms with E-state index >= 15 is 0 Å². The van der Waals surface area contributed by atoms with E-state index in [0.29, 0.717) is 29.6 Å². The molecule has 0 N–H and O–H groups in total. The number of amides is 1. The van der Waals surface area contributed by atoms with Gasteiger partial charge in [0.2, 0.25) is 5.88 Å². The summed E-state index contributed by atoms with van der Waals surface area (Å²) in [4.78, 5) is 23.0. The average Bonchev–Trinajstić information content (AvgIpc) is 2.63. The van der Waals surface area contributed by atoms with Gasteiger partial charge in [-0.05, 0) is 38.3 Å². The fourth-order valence-corrected chi connectivity index (χ4v) is 3.36. The Hall–Kier alpha value is -2.12. The number of morpholine rings is 1. The lowest BCUT2D eigenvalue weighted by molar-refractivity contribution is -0.134. The summed E-state index contributed by atoms with van der Waals surface area (Å²) in [6, 6.07) is 5.40. The lowest BCUT2D eigenvalue weighted by Gasteiger charge is -2.43. The SMILES string of the molecule is CC(C)(C)OC(=O)N1C[C@@H](COc2nc(Cl)cc3ncccc23)O[C@@H](C(C)(C)C)C1. The van der Waals surface area contributed by atoms with Crippen LogP contribution < -0.4 is 4.74 Å². The highest BCUT2D eigenvalue weighted by molar-refractivity contribution is 6.30. The second kappa shape index (κ2) is 8.55. The molecule has 2 atom stereocenters. The maximum Gasteiger partial charge on any atom is 0.410 e. The van der Waals surface area contributed by atoms with E-state index in [1.807, 2.05) is 32.9 Å². The number of ether oxygens (including phenoxy) is 3. The summed E-state index contributed by atoms with van der Waals surface area (Å²) in [5.74, 6) is 0.399. The summed E-state index contributed by atoms with van der Waals surface area (Å²) >= 11 is 6.12. The minimum atomic E-state index is -0.560. The quantitative estimate of drug-likeness (QED) is 0.650. The number of carbonyl (C=O) groups is 1. The highest BCUT2D eigenvalue weighted by atomic mass is 35.5. The largest absolute Gasteiger partial charge is 0.474 e. The van der Waals surface area contributed by atoms with Crippen molar-refractivity contribution < 1.29 is 19.0 Å². The van der Waals surface area contributed by atoms with Crippen LogP contribution in [-0.4, -0.2) is 58.5 Å². The maximum absolute atomic E-state index is 12.7. The molecule has 2 aromatic rings. The van der Waals surface area contributed by atoms with E-state index in [1.54, 1.807) is 17.2 Å². The molecule has 0 aliphatic carbocycles. The Morgan fingerprint density at radius 2 is 2.00 bits per heavy atom. The molecule has 30 heavy (non-hydrogen) atoms. The molecule has 0 bridgehead atoms. The number of pyridine rings is 2. The summed E-state index contributed by atoms with van der Waals surface area (Å²) in [5.41, 5.74) is -0.000890. The first-order valence-corrected chi connectivity index (χ1v) is 10.5. The van der Waals surface area contributed by atoms with Crippen LogP contribution in [-0.2, 0) is 9.47 Å². The van der Waals surface area contributed by atoms with E-state index in [2.05, 4.69) is 30.7 Å². The molecule has 3 heterocycles. The highest BCUT2D eigenvalue weighted by Gasteiger charge is 2.38. The van der Waals surface area contributed by atoms with Crippen LogP contribution in [0, 0.1) is 5.41 Å². The van der Waals surface area contributed by atoms with Crippen LogP contribution in [0.5, 0.6) is 5.88 Å². The molecule has 0 radical (unpaired) electrons. The van der Waals surface area contributed by atoms with Crippen molar-refractivity contribution in [2.24, 2.45) is 5.41 Å². The van der Waals surface area contributed by atoms with Gasteiger partial charge in [0.1, 0.15) is 23.5 Å². The predicted molar refractivity (Wildman–Crippen MR) is 116 cm³/mol. The van der Waals surface area contributed by atoms with Crippen molar-refractivity contribution >= 4 is 28.6 Å². The summed E-state index contributed by atoms with van der Waals surface area (Å²) in [6.07, 6.45) is 0.862. The minimum absolute atomic E-state index is 0.149. The monoisotopic (exact) mass is 435 g/mol. The van der Waals surface area contributed by atoms with Crippen molar-refractivity contribution in [2.75, 3.05) is 19.7 Å². The Bertz CT molecular complexity index is 907. The molecule has 1 aliphatic heterocycles. The van der Waals surface area contributed by atoms with Crippen LogP contribution in [0.25, 0.3) is 10.9 Å². The molecule has 1 amide bonds. The van der Waals surface area contributed by atoms with Crippen molar-refractivity contribution in [2.45, 2.75) is 59.4 Å². The van der Waals surface area contributed by atoms with Crippen molar-refractivity contribution in [3.05, 3.63) is 29.5 Å². The first-order chi connectivity index (χ1) is 13.9. The van der Waals surface area contributed by atoms with E-state index in [1.165, 1.54) is 0 Å². The van der Waals surface area contributed by atoms with Crippen LogP contribution in [0.2, 0.25) is 5.15 Å². The van der Waals surface area contributed by atoms with Crippen molar-refractivity contribution in [1.82, 2.24) is 14.9 Å². The zero-order valence-corrected chi connectivity index (χ0v) is 19.2. The summed E-state index contributed by atoms with van der Waals surface area (Å²) in [6.45, 7) is 12.9. The van der Waals surface area contributed by atoms with Gasteiger partial charge in [0, 0.05) is 12.3 Å². The maximum atomic E-state index is 12.7. The molecule has 0 aromatic carbocycles. The molecule has 1 saturated heterocycles. The van der Waals surface area contributed by atoms with Gasteiger partial charge >= 0.3 is 6.09 Å². The average molecular weight is 436 g/mol. The van der Waals surface area contributed by atoms with Crippen molar-refractivity contribution in [1.29, 1.82) is 0 Å². The number of aromatic nitrogens is 2. The predicted octanol–water partition coefficient (Wildman–Crippen LogP) is 4.71. The van der Waals surface area contributed by atoms with E-state index in [0.717, 1.165) is 5.39 Å². The number of nitrogens with zero attached hydrogens (tertiary/aromatic N) is 3. The second-order valence-corrected chi connectivity index (χ2v) is 10.0. The molecule has 0 saturated carbocycles. The summed E-state index contributed by atoms with van der Waals surface area (Å²) < 4.78 is 17.8. The number of fused-ring (bicyclic) bond motifs is 1. The van der Waals surface area contributed by atoms with Gasteiger partial charge in [0.25, 0.3) is 0 Å². The van der Waals surface area contributed by atoms with E-state index in [4.69, 9.17) is 25.8 Å². The molecule has 2 aromatic heterocycles. The van der Waals surface area contributed by atoms with Gasteiger partial charge in [0.05, 0.1) is 30.1 Å². The molecule has 8 heteroatoms. The molecular formula is C22H30ClN3O4. The zero-order valence-electron chi connectivity index (χ0n) is 18.4. The summed E-state index contributed by atoms with van der Waals surface area (Å²) in [5, 5.41) is 1.08. The zero-order chi connectivity index (χ0) is 22.1. The third-order valence-electron chi connectivity index (χ3n) is 4.72. The standard InChI is InChI=1S/C22H30ClN3O4/c1-21(2,3)17-12-26(20(27)30-22(4,5)6)11-14(29-17)13-28-19-15-8-7-9-24-16(15)10-18(23)25-19/h7-10,14,17H,11-13H2,1-6H3/t14-,17+/m0/s1. The summed E-state index contributed by atoms with van der Waals surface area (Å²) in [7, 11) is 0. The van der Waals surface area contributed by atoms with Crippen LogP contribution in [0.3, 0.4) is 0 Å². The Labute approximate surface area is 182 Å². The lowest BCUT2D eigenvalue weighted by atomic mass is 9.87. The number of halogens is 1. The van der Waals surface area contributed by atoms with E-state index < -0.39 is 5.60 Å².